The predicted octanol–water partition coefficient (Wildman–Crippen LogP) is 2.46. The van der Waals surface area contributed by atoms with Crippen LogP contribution >= 0.6 is 15.9 Å². The summed E-state index contributed by atoms with van der Waals surface area (Å²) in [7, 11) is 1.74. The number of aromatic amines is 1. The van der Waals surface area contributed by atoms with E-state index in [9.17, 15) is 4.79 Å². The van der Waals surface area contributed by atoms with E-state index in [4.69, 9.17) is 0 Å². The molecule has 1 aromatic heterocycles. The van der Waals surface area contributed by atoms with Crippen LogP contribution in [0.1, 0.15) is 27.6 Å². The number of nitrogens with zero attached hydrogens (tertiary/aromatic N) is 3. The largest absolute Gasteiger partial charge is 0.334 e. The fourth-order valence-corrected chi connectivity index (χ4v) is 1.99. The van der Waals surface area contributed by atoms with Crippen molar-refractivity contribution in [2.24, 2.45) is 0 Å². The van der Waals surface area contributed by atoms with Gasteiger partial charge in [-0.05, 0) is 37.6 Å². The number of aromatic nitrogens is 3. The van der Waals surface area contributed by atoms with Gasteiger partial charge in [0.1, 0.15) is 5.82 Å². The SMILES string of the molecule is Cc1nc(CN(C)C(=O)c2ccc(Br)c(C)c2)n[nH]1. The van der Waals surface area contributed by atoms with Gasteiger partial charge in [-0.3, -0.25) is 9.89 Å². The van der Waals surface area contributed by atoms with Crippen molar-refractivity contribution in [3.8, 4) is 0 Å². The monoisotopic (exact) mass is 322 g/mol. The second kappa shape index (κ2) is 5.52. The van der Waals surface area contributed by atoms with Gasteiger partial charge in [-0.2, -0.15) is 5.10 Å². The highest BCUT2D eigenvalue weighted by Crippen LogP contribution is 2.18. The van der Waals surface area contributed by atoms with Gasteiger partial charge in [0.15, 0.2) is 5.82 Å². The van der Waals surface area contributed by atoms with E-state index in [1.54, 1.807) is 18.0 Å². The molecule has 2 rings (SSSR count). The zero-order chi connectivity index (χ0) is 14.0. The minimum Gasteiger partial charge on any atom is -0.334 e. The van der Waals surface area contributed by atoms with Crippen LogP contribution in [0.25, 0.3) is 0 Å². The lowest BCUT2D eigenvalue weighted by atomic mass is 10.1. The van der Waals surface area contributed by atoms with E-state index >= 15 is 0 Å². The number of H-pyrrole nitrogens is 1. The number of hydrogen-bond donors (Lipinski definition) is 1. The normalized spacial score (nSPS) is 10.5. The molecule has 0 aliphatic heterocycles. The Kier molecular flexibility index (Phi) is 3.99. The molecule has 0 unspecified atom stereocenters. The van der Waals surface area contributed by atoms with Gasteiger partial charge >= 0.3 is 0 Å². The molecule has 1 N–H and O–H groups in total. The van der Waals surface area contributed by atoms with E-state index in [-0.39, 0.29) is 5.91 Å². The van der Waals surface area contributed by atoms with Crippen LogP contribution in [0.4, 0.5) is 0 Å². The highest BCUT2D eigenvalue weighted by atomic mass is 79.9. The topological polar surface area (TPSA) is 61.9 Å². The number of hydrogen-bond acceptors (Lipinski definition) is 3. The van der Waals surface area contributed by atoms with Gasteiger partial charge in [-0.1, -0.05) is 15.9 Å². The van der Waals surface area contributed by atoms with Crippen LogP contribution < -0.4 is 0 Å². The van der Waals surface area contributed by atoms with Crippen molar-refractivity contribution in [3.05, 3.63) is 45.4 Å². The van der Waals surface area contributed by atoms with Gasteiger partial charge in [0.25, 0.3) is 5.91 Å². The molecular weight excluding hydrogens is 308 g/mol. The molecule has 5 nitrogen and oxygen atoms in total. The summed E-state index contributed by atoms with van der Waals surface area (Å²) in [5.74, 6) is 1.32. The number of rotatable bonds is 3. The third-order valence-electron chi connectivity index (χ3n) is 2.77. The van der Waals surface area contributed by atoms with Crippen molar-refractivity contribution in [1.82, 2.24) is 20.1 Å². The van der Waals surface area contributed by atoms with Gasteiger partial charge in [-0.15, -0.1) is 0 Å². The maximum absolute atomic E-state index is 12.3. The molecule has 1 amide bonds. The fourth-order valence-electron chi connectivity index (χ4n) is 1.74. The molecular formula is C13H15BrN4O. The van der Waals surface area contributed by atoms with Crippen molar-refractivity contribution in [3.63, 3.8) is 0 Å². The van der Waals surface area contributed by atoms with Crippen molar-refractivity contribution >= 4 is 21.8 Å². The molecule has 0 radical (unpaired) electrons. The maximum Gasteiger partial charge on any atom is 0.254 e. The number of carbonyl (C=O) groups excluding carboxylic acids is 1. The van der Waals surface area contributed by atoms with E-state index in [0.29, 0.717) is 17.9 Å². The molecule has 100 valence electrons. The molecule has 19 heavy (non-hydrogen) atoms. The molecule has 6 heteroatoms. The molecule has 1 aromatic carbocycles. The molecule has 0 saturated carbocycles. The Hall–Kier alpha value is -1.69. The van der Waals surface area contributed by atoms with Crippen molar-refractivity contribution < 1.29 is 4.79 Å². The quantitative estimate of drug-likeness (QED) is 0.944. The first-order chi connectivity index (χ1) is 8.97. The summed E-state index contributed by atoms with van der Waals surface area (Å²) in [4.78, 5) is 18.1. The molecule has 0 aliphatic carbocycles. The second-order valence-corrected chi connectivity index (χ2v) is 5.32. The Morgan fingerprint density at radius 2 is 2.16 bits per heavy atom. The number of amides is 1. The molecule has 0 fully saturated rings. The molecule has 0 atom stereocenters. The van der Waals surface area contributed by atoms with E-state index in [2.05, 4.69) is 31.1 Å². The summed E-state index contributed by atoms with van der Waals surface area (Å²) < 4.78 is 0.997. The molecule has 0 aliphatic rings. The fraction of sp³-hybridized carbons (Fsp3) is 0.308. The third-order valence-corrected chi connectivity index (χ3v) is 3.66. The van der Waals surface area contributed by atoms with Crippen molar-refractivity contribution in [2.45, 2.75) is 20.4 Å². The van der Waals surface area contributed by atoms with E-state index in [0.717, 1.165) is 15.9 Å². The van der Waals surface area contributed by atoms with Crippen LogP contribution in [-0.4, -0.2) is 33.0 Å². The van der Waals surface area contributed by atoms with Crippen molar-refractivity contribution in [2.75, 3.05) is 7.05 Å². The lowest BCUT2D eigenvalue weighted by Gasteiger charge is -2.15. The molecule has 0 spiro atoms. The summed E-state index contributed by atoms with van der Waals surface area (Å²) in [5, 5.41) is 6.79. The summed E-state index contributed by atoms with van der Waals surface area (Å²) in [6.07, 6.45) is 0. The van der Waals surface area contributed by atoms with Crippen LogP contribution in [0, 0.1) is 13.8 Å². The molecule has 1 heterocycles. The molecule has 2 aromatic rings. The van der Waals surface area contributed by atoms with Crippen LogP contribution in [-0.2, 0) is 6.54 Å². The average Bonchev–Trinajstić information content (AvgIpc) is 2.77. The Bertz CT molecular complexity index is 608. The third kappa shape index (κ3) is 3.20. The number of benzene rings is 1. The Morgan fingerprint density at radius 1 is 1.42 bits per heavy atom. The van der Waals surface area contributed by atoms with E-state index in [1.807, 2.05) is 26.0 Å². The first-order valence-electron chi connectivity index (χ1n) is 5.87. The minimum absolute atomic E-state index is 0.0435. The van der Waals surface area contributed by atoms with Gasteiger partial charge in [0.05, 0.1) is 6.54 Å². The van der Waals surface area contributed by atoms with E-state index in [1.165, 1.54) is 0 Å². The van der Waals surface area contributed by atoms with Gasteiger partial charge in [-0.25, -0.2) is 4.98 Å². The summed E-state index contributed by atoms with van der Waals surface area (Å²) in [5.41, 5.74) is 1.70. The van der Waals surface area contributed by atoms with Gasteiger partial charge in [0, 0.05) is 17.1 Å². The minimum atomic E-state index is -0.0435. The first kappa shape index (κ1) is 13.7. The first-order valence-corrected chi connectivity index (χ1v) is 6.66. The average molecular weight is 323 g/mol. The highest BCUT2D eigenvalue weighted by Gasteiger charge is 2.14. The number of halogens is 1. The van der Waals surface area contributed by atoms with Crippen LogP contribution in [0.15, 0.2) is 22.7 Å². The Balaban J connectivity index is 2.12. The zero-order valence-electron chi connectivity index (χ0n) is 11.1. The lowest BCUT2D eigenvalue weighted by Crippen LogP contribution is -2.26. The standard InChI is InChI=1S/C13H15BrN4O/c1-8-6-10(4-5-11(8)14)13(19)18(3)7-12-15-9(2)16-17-12/h4-6H,7H2,1-3H3,(H,15,16,17). The van der Waals surface area contributed by atoms with Crippen LogP contribution in [0.3, 0.4) is 0 Å². The van der Waals surface area contributed by atoms with Crippen molar-refractivity contribution in [1.29, 1.82) is 0 Å². The number of nitrogens with one attached hydrogen (secondary N) is 1. The maximum atomic E-state index is 12.3. The number of carbonyl (C=O) groups is 1. The summed E-state index contributed by atoms with van der Waals surface area (Å²) in [6, 6.07) is 5.55. The Labute approximate surface area is 120 Å². The zero-order valence-corrected chi connectivity index (χ0v) is 12.7. The summed E-state index contributed by atoms with van der Waals surface area (Å²) >= 11 is 3.42. The molecule has 0 bridgehead atoms. The molecule has 0 saturated heterocycles. The lowest BCUT2D eigenvalue weighted by molar-refractivity contribution is 0.0781. The highest BCUT2D eigenvalue weighted by molar-refractivity contribution is 9.10. The second-order valence-electron chi connectivity index (χ2n) is 4.46. The summed E-state index contributed by atoms with van der Waals surface area (Å²) in [6.45, 7) is 4.17. The van der Waals surface area contributed by atoms with Crippen LogP contribution in [0.2, 0.25) is 0 Å². The van der Waals surface area contributed by atoms with Gasteiger partial charge in [0.2, 0.25) is 0 Å². The van der Waals surface area contributed by atoms with Crippen LogP contribution in [0.5, 0.6) is 0 Å². The predicted molar refractivity (Wildman–Crippen MR) is 75.8 cm³/mol. The Morgan fingerprint density at radius 3 is 2.74 bits per heavy atom. The van der Waals surface area contributed by atoms with E-state index < -0.39 is 0 Å². The number of aryl methyl sites for hydroxylation is 2. The smallest absolute Gasteiger partial charge is 0.254 e. The van der Waals surface area contributed by atoms with Gasteiger partial charge < -0.3 is 4.90 Å².